The van der Waals surface area contributed by atoms with E-state index in [0.29, 0.717) is 25.7 Å². The van der Waals surface area contributed by atoms with Crippen LogP contribution in [0.2, 0.25) is 0 Å². The minimum Gasteiger partial charge on any atom is -0.395 e. The van der Waals surface area contributed by atoms with Gasteiger partial charge in [-0.3, -0.25) is 14.6 Å². The third-order valence-electron chi connectivity index (χ3n) is 3.97. The zero-order valence-electron chi connectivity index (χ0n) is 11.3. The SMILES string of the molecule is O=C(CN(CCO)C1CCCCC1)N1CCNC1=O. The molecule has 6 nitrogen and oxygen atoms in total. The van der Waals surface area contributed by atoms with Crippen molar-refractivity contribution in [2.75, 3.05) is 32.8 Å². The molecule has 2 N–H and O–H groups in total. The molecule has 0 spiro atoms. The van der Waals surface area contributed by atoms with Gasteiger partial charge in [-0.1, -0.05) is 19.3 Å². The van der Waals surface area contributed by atoms with Crippen LogP contribution in [-0.2, 0) is 4.79 Å². The fourth-order valence-corrected chi connectivity index (χ4v) is 2.93. The summed E-state index contributed by atoms with van der Waals surface area (Å²) in [6.07, 6.45) is 5.79. The standard InChI is InChI=1S/C13H23N3O3/c17-9-8-15(11-4-2-1-3-5-11)10-12(18)16-7-6-14-13(16)19/h11,17H,1-10H2,(H,14,19). The van der Waals surface area contributed by atoms with Crippen LogP contribution in [0.1, 0.15) is 32.1 Å². The number of nitrogens with one attached hydrogen (secondary N) is 1. The maximum absolute atomic E-state index is 12.1. The average molecular weight is 269 g/mol. The first kappa shape index (κ1) is 14.3. The van der Waals surface area contributed by atoms with Crippen LogP contribution in [0.15, 0.2) is 0 Å². The van der Waals surface area contributed by atoms with Crippen LogP contribution < -0.4 is 5.32 Å². The number of hydrogen-bond acceptors (Lipinski definition) is 4. The van der Waals surface area contributed by atoms with E-state index < -0.39 is 0 Å². The lowest BCUT2D eigenvalue weighted by Gasteiger charge is -2.34. The summed E-state index contributed by atoms with van der Waals surface area (Å²) >= 11 is 0. The van der Waals surface area contributed by atoms with Crippen LogP contribution in [0.25, 0.3) is 0 Å². The lowest BCUT2D eigenvalue weighted by Crippen LogP contribution is -2.47. The molecule has 1 saturated heterocycles. The van der Waals surface area contributed by atoms with Crippen LogP contribution in [0.5, 0.6) is 0 Å². The Labute approximate surface area is 113 Å². The van der Waals surface area contributed by atoms with E-state index in [9.17, 15) is 9.59 Å². The Kier molecular flexibility index (Phi) is 5.15. The molecule has 1 saturated carbocycles. The molecule has 0 aromatic rings. The van der Waals surface area contributed by atoms with Crippen molar-refractivity contribution in [3.8, 4) is 0 Å². The summed E-state index contributed by atoms with van der Waals surface area (Å²) in [5.74, 6) is -0.158. The maximum atomic E-state index is 12.1. The number of hydrogen-bond donors (Lipinski definition) is 2. The van der Waals surface area contributed by atoms with Crippen molar-refractivity contribution in [1.82, 2.24) is 15.1 Å². The van der Waals surface area contributed by atoms with E-state index in [1.165, 1.54) is 24.2 Å². The van der Waals surface area contributed by atoms with E-state index in [2.05, 4.69) is 5.32 Å². The summed E-state index contributed by atoms with van der Waals surface area (Å²) < 4.78 is 0. The van der Waals surface area contributed by atoms with E-state index in [1.807, 2.05) is 4.90 Å². The molecule has 0 atom stereocenters. The second kappa shape index (κ2) is 6.86. The van der Waals surface area contributed by atoms with Crippen molar-refractivity contribution in [2.45, 2.75) is 38.1 Å². The summed E-state index contributed by atoms with van der Waals surface area (Å²) in [6.45, 7) is 1.78. The number of carbonyl (C=O) groups is 2. The maximum Gasteiger partial charge on any atom is 0.324 e. The first-order valence-electron chi connectivity index (χ1n) is 7.15. The normalized spacial score (nSPS) is 20.9. The molecule has 108 valence electrons. The Balaban J connectivity index is 1.91. The molecule has 2 fully saturated rings. The lowest BCUT2D eigenvalue weighted by molar-refractivity contribution is -0.129. The van der Waals surface area contributed by atoms with Gasteiger partial charge in [-0.15, -0.1) is 0 Å². The fraction of sp³-hybridized carbons (Fsp3) is 0.846. The third-order valence-corrected chi connectivity index (χ3v) is 3.97. The quantitative estimate of drug-likeness (QED) is 0.746. The molecular formula is C13H23N3O3. The number of imide groups is 1. The molecule has 2 rings (SSSR count). The highest BCUT2D eigenvalue weighted by molar-refractivity contribution is 5.96. The second-order valence-corrected chi connectivity index (χ2v) is 5.26. The highest BCUT2D eigenvalue weighted by atomic mass is 16.3. The topological polar surface area (TPSA) is 72.9 Å². The van der Waals surface area contributed by atoms with Crippen molar-refractivity contribution < 1.29 is 14.7 Å². The summed E-state index contributed by atoms with van der Waals surface area (Å²) in [5.41, 5.74) is 0. The van der Waals surface area contributed by atoms with Gasteiger partial charge in [-0.2, -0.15) is 0 Å². The molecule has 2 aliphatic rings. The zero-order valence-corrected chi connectivity index (χ0v) is 11.3. The number of amides is 3. The summed E-state index contributed by atoms with van der Waals surface area (Å²) in [6, 6.07) is 0.0770. The molecule has 0 bridgehead atoms. The monoisotopic (exact) mass is 269 g/mol. The van der Waals surface area contributed by atoms with Crippen LogP contribution in [0.3, 0.4) is 0 Å². The Morgan fingerprint density at radius 2 is 2.11 bits per heavy atom. The van der Waals surface area contributed by atoms with Gasteiger partial charge >= 0.3 is 6.03 Å². The van der Waals surface area contributed by atoms with Gasteiger partial charge in [0.05, 0.1) is 13.2 Å². The Bertz CT molecular complexity index is 329. The first-order valence-corrected chi connectivity index (χ1v) is 7.15. The molecule has 6 heteroatoms. The molecule has 0 unspecified atom stereocenters. The van der Waals surface area contributed by atoms with Crippen LogP contribution in [-0.4, -0.2) is 65.7 Å². The number of urea groups is 1. The van der Waals surface area contributed by atoms with Gasteiger partial charge < -0.3 is 10.4 Å². The van der Waals surface area contributed by atoms with Crippen molar-refractivity contribution in [3.63, 3.8) is 0 Å². The number of rotatable bonds is 5. The molecule has 1 aliphatic heterocycles. The Hall–Kier alpha value is -1.14. The smallest absolute Gasteiger partial charge is 0.324 e. The Morgan fingerprint density at radius 3 is 2.68 bits per heavy atom. The highest BCUT2D eigenvalue weighted by Crippen LogP contribution is 2.22. The number of aliphatic hydroxyl groups excluding tert-OH is 1. The van der Waals surface area contributed by atoms with Crippen LogP contribution >= 0.6 is 0 Å². The van der Waals surface area contributed by atoms with Gasteiger partial charge in [0.25, 0.3) is 0 Å². The predicted molar refractivity (Wildman–Crippen MR) is 70.6 cm³/mol. The molecule has 0 radical (unpaired) electrons. The minimum absolute atomic E-state index is 0.0516. The predicted octanol–water partition coefficient (Wildman–Crippen LogP) is 0.165. The molecule has 19 heavy (non-hydrogen) atoms. The Morgan fingerprint density at radius 1 is 1.37 bits per heavy atom. The lowest BCUT2D eigenvalue weighted by atomic mass is 9.94. The van der Waals surface area contributed by atoms with Gasteiger partial charge in [0.15, 0.2) is 0 Å². The van der Waals surface area contributed by atoms with Gasteiger partial charge in [-0.25, -0.2) is 4.79 Å². The molecular weight excluding hydrogens is 246 g/mol. The van der Waals surface area contributed by atoms with Gasteiger partial charge in [-0.05, 0) is 12.8 Å². The third kappa shape index (κ3) is 3.67. The van der Waals surface area contributed by atoms with Crippen LogP contribution in [0, 0.1) is 0 Å². The largest absolute Gasteiger partial charge is 0.395 e. The molecule has 3 amide bonds. The summed E-state index contributed by atoms with van der Waals surface area (Å²) in [5, 5.41) is 11.8. The van der Waals surface area contributed by atoms with E-state index in [1.54, 1.807) is 0 Å². The molecule has 0 aromatic carbocycles. The van der Waals surface area contributed by atoms with Crippen LogP contribution in [0.4, 0.5) is 4.79 Å². The first-order chi connectivity index (χ1) is 9.22. The van der Waals surface area contributed by atoms with Gasteiger partial charge in [0.2, 0.25) is 5.91 Å². The number of aliphatic hydroxyl groups is 1. The van der Waals surface area contributed by atoms with E-state index in [4.69, 9.17) is 5.11 Å². The second-order valence-electron chi connectivity index (χ2n) is 5.26. The van der Waals surface area contributed by atoms with Crippen molar-refractivity contribution >= 4 is 11.9 Å². The van der Waals surface area contributed by atoms with Gasteiger partial charge in [0, 0.05) is 25.7 Å². The molecule has 1 heterocycles. The molecule has 0 aromatic heterocycles. The zero-order chi connectivity index (χ0) is 13.7. The van der Waals surface area contributed by atoms with Crippen molar-refractivity contribution in [3.05, 3.63) is 0 Å². The van der Waals surface area contributed by atoms with Crippen molar-refractivity contribution in [2.24, 2.45) is 0 Å². The van der Waals surface area contributed by atoms with Crippen molar-refractivity contribution in [1.29, 1.82) is 0 Å². The van der Waals surface area contributed by atoms with E-state index in [-0.39, 0.29) is 25.1 Å². The number of carbonyl (C=O) groups excluding carboxylic acids is 2. The minimum atomic E-state index is -0.294. The average Bonchev–Trinajstić information content (AvgIpc) is 2.85. The molecule has 1 aliphatic carbocycles. The number of nitrogens with zero attached hydrogens (tertiary/aromatic N) is 2. The van der Waals surface area contributed by atoms with E-state index in [0.717, 1.165) is 12.8 Å². The summed E-state index contributed by atoms with van der Waals surface area (Å²) in [4.78, 5) is 26.9. The van der Waals surface area contributed by atoms with Gasteiger partial charge in [0.1, 0.15) is 0 Å². The fourth-order valence-electron chi connectivity index (χ4n) is 2.93. The summed E-state index contributed by atoms with van der Waals surface area (Å²) in [7, 11) is 0. The highest BCUT2D eigenvalue weighted by Gasteiger charge is 2.29. The van der Waals surface area contributed by atoms with E-state index >= 15 is 0 Å².